The van der Waals surface area contributed by atoms with Crippen LogP contribution in [0.3, 0.4) is 0 Å². The van der Waals surface area contributed by atoms with Crippen LogP contribution >= 0.6 is 0 Å². The molecular formula is C11H15BNO+. The Morgan fingerprint density at radius 3 is 2.93 bits per heavy atom. The third-order valence-corrected chi connectivity index (χ3v) is 2.76. The number of nitrogens with zero attached hydrogens (tertiary/aromatic N) is 1. The highest BCUT2D eigenvalue weighted by Crippen LogP contribution is 2.22. The lowest BCUT2D eigenvalue weighted by Crippen LogP contribution is -2.37. The van der Waals surface area contributed by atoms with E-state index < -0.39 is 7.05 Å². The summed E-state index contributed by atoms with van der Waals surface area (Å²) in [6, 6.07) is 0.245. The molecule has 1 atom stereocenters. The van der Waals surface area contributed by atoms with E-state index in [0.717, 1.165) is 6.42 Å². The van der Waals surface area contributed by atoms with E-state index in [-0.39, 0.29) is 6.04 Å². The highest BCUT2D eigenvalue weighted by atomic mass is 16.2. The van der Waals surface area contributed by atoms with Crippen molar-refractivity contribution in [3.63, 3.8) is 0 Å². The lowest BCUT2D eigenvalue weighted by atomic mass is 9.84. The van der Waals surface area contributed by atoms with Crippen LogP contribution in [0.2, 0.25) is 6.82 Å². The van der Waals surface area contributed by atoms with Gasteiger partial charge in [-0.1, -0.05) is 25.2 Å². The van der Waals surface area contributed by atoms with Gasteiger partial charge in [-0.05, 0) is 6.08 Å². The van der Waals surface area contributed by atoms with Gasteiger partial charge in [0.25, 0.3) is 0 Å². The van der Waals surface area contributed by atoms with Gasteiger partial charge < -0.3 is 5.02 Å². The average Bonchev–Trinajstić information content (AvgIpc) is 2.55. The second kappa shape index (κ2) is 3.58. The van der Waals surface area contributed by atoms with Gasteiger partial charge in [0, 0.05) is 24.9 Å². The van der Waals surface area contributed by atoms with Gasteiger partial charge in [-0.3, -0.25) is 4.49 Å². The van der Waals surface area contributed by atoms with Crippen molar-refractivity contribution in [1.29, 1.82) is 0 Å². The van der Waals surface area contributed by atoms with E-state index in [4.69, 9.17) is 0 Å². The molecule has 0 bridgehead atoms. The van der Waals surface area contributed by atoms with Gasteiger partial charge in [0.05, 0.1) is 0 Å². The number of hydrogen-bond donors (Lipinski definition) is 1. The van der Waals surface area contributed by atoms with Crippen LogP contribution in [0.4, 0.5) is 0 Å². The van der Waals surface area contributed by atoms with Crippen molar-refractivity contribution in [2.45, 2.75) is 26.2 Å². The summed E-state index contributed by atoms with van der Waals surface area (Å²) in [5, 5.41) is 9.71. The molecule has 0 saturated heterocycles. The molecule has 0 radical (unpaired) electrons. The first-order valence-electron chi connectivity index (χ1n) is 5.12. The van der Waals surface area contributed by atoms with Crippen LogP contribution in [0, 0.1) is 0 Å². The minimum atomic E-state index is -0.417. The largest absolute Gasteiger partial charge is 0.649 e. The van der Waals surface area contributed by atoms with Gasteiger partial charge in [0.15, 0.2) is 11.8 Å². The molecule has 14 heavy (non-hydrogen) atoms. The standard InChI is InChI=1S/C11H15BNO/c1-3-10-8-9-6-4-5-7-11(9)13(10)12(2)14/h4-8,11,14H,3H2,1-2H3/q+1. The Labute approximate surface area is 85.1 Å². The van der Waals surface area contributed by atoms with Crippen molar-refractivity contribution in [2.75, 3.05) is 0 Å². The normalized spacial score (nSPS) is 23.9. The zero-order valence-corrected chi connectivity index (χ0v) is 8.64. The number of allylic oxidation sites excluding steroid dienone is 3. The Balaban J connectivity index is 2.40. The SMILES string of the molecule is CCC1=[N+](B(C)O)C2C=CC=CC2=C1. The summed E-state index contributed by atoms with van der Waals surface area (Å²) in [6.07, 6.45) is 11.5. The number of hydrogen-bond acceptors (Lipinski definition) is 1. The number of rotatable bonds is 2. The summed E-state index contributed by atoms with van der Waals surface area (Å²) in [4.78, 5) is 0. The van der Waals surface area contributed by atoms with Crippen molar-refractivity contribution in [1.82, 2.24) is 0 Å². The van der Waals surface area contributed by atoms with Gasteiger partial charge in [0.2, 0.25) is 0 Å². The van der Waals surface area contributed by atoms with Crippen molar-refractivity contribution in [3.8, 4) is 0 Å². The van der Waals surface area contributed by atoms with Crippen LogP contribution in [0.1, 0.15) is 13.3 Å². The van der Waals surface area contributed by atoms with Crippen LogP contribution in [0.5, 0.6) is 0 Å². The first-order chi connectivity index (χ1) is 6.74. The maximum absolute atomic E-state index is 9.71. The Hall–Kier alpha value is -1.09. The summed E-state index contributed by atoms with van der Waals surface area (Å²) in [5.74, 6) is 0. The van der Waals surface area contributed by atoms with Crippen molar-refractivity contribution in [3.05, 3.63) is 36.0 Å². The van der Waals surface area contributed by atoms with Crippen LogP contribution in [0.25, 0.3) is 0 Å². The molecule has 0 fully saturated rings. The molecule has 0 saturated carbocycles. The third kappa shape index (κ3) is 1.38. The van der Waals surface area contributed by atoms with E-state index in [1.807, 2.05) is 19.0 Å². The monoisotopic (exact) mass is 188 g/mol. The summed E-state index contributed by atoms with van der Waals surface area (Å²) in [5.41, 5.74) is 2.50. The molecule has 1 unspecified atom stereocenters. The summed E-state index contributed by atoms with van der Waals surface area (Å²) >= 11 is 0. The molecule has 0 spiro atoms. The van der Waals surface area contributed by atoms with Crippen molar-refractivity contribution >= 4 is 12.8 Å². The molecule has 3 heteroatoms. The van der Waals surface area contributed by atoms with Crippen LogP contribution in [-0.2, 0) is 0 Å². The molecule has 72 valence electrons. The molecule has 2 nitrogen and oxygen atoms in total. The first-order valence-corrected chi connectivity index (χ1v) is 5.12. The molecule has 0 aromatic rings. The molecule has 1 aliphatic carbocycles. The Morgan fingerprint density at radius 2 is 2.29 bits per heavy atom. The molecule has 2 aliphatic rings. The lowest BCUT2D eigenvalue weighted by molar-refractivity contribution is -0.420. The van der Waals surface area contributed by atoms with Crippen LogP contribution < -0.4 is 0 Å². The summed E-state index contributed by atoms with van der Waals surface area (Å²) < 4.78 is 2.06. The maximum atomic E-state index is 9.71. The van der Waals surface area contributed by atoms with E-state index in [2.05, 4.69) is 29.6 Å². The predicted octanol–water partition coefficient (Wildman–Crippen LogP) is 1.39. The van der Waals surface area contributed by atoms with Crippen molar-refractivity contribution < 1.29 is 9.51 Å². The van der Waals surface area contributed by atoms with Gasteiger partial charge in [-0.2, -0.15) is 0 Å². The molecule has 2 rings (SSSR count). The summed E-state index contributed by atoms with van der Waals surface area (Å²) in [7, 11) is -0.417. The predicted molar refractivity (Wildman–Crippen MR) is 59.5 cm³/mol. The molecular weight excluding hydrogens is 173 g/mol. The van der Waals surface area contributed by atoms with Gasteiger partial charge in [-0.15, -0.1) is 0 Å². The zero-order chi connectivity index (χ0) is 10.1. The minimum Gasteiger partial charge on any atom is -0.390 e. The summed E-state index contributed by atoms with van der Waals surface area (Å²) in [6.45, 7) is 3.94. The van der Waals surface area contributed by atoms with Gasteiger partial charge in [0.1, 0.15) is 0 Å². The van der Waals surface area contributed by atoms with E-state index in [9.17, 15) is 5.02 Å². The van der Waals surface area contributed by atoms with Crippen LogP contribution in [0.15, 0.2) is 36.0 Å². The lowest BCUT2D eigenvalue weighted by Gasteiger charge is -2.12. The van der Waals surface area contributed by atoms with E-state index >= 15 is 0 Å². The minimum absolute atomic E-state index is 0.245. The first kappa shape index (κ1) is 9.47. The fourth-order valence-electron chi connectivity index (χ4n) is 2.14. The second-order valence-corrected chi connectivity index (χ2v) is 3.72. The highest BCUT2D eigenvalue weighted by molar-refractivity contribution is 6.40. The van der Waals surface area contributed by atoms with E-state index in [0.29, 0.717) is 0 Å². The zero-order valence-electron chi connectivity index (χ0n) is 8.64. The van der Waals surface area contributed by atoms with Gasteiger partial charge in [-0.25, -0.2) is 0 Å². The number of fused-ring (bicyclic) bond motifs is 1. The highest BCUT2D eigenvalue weighted by Gasteiger charge is 2.37. The Morgan fingerprint density at radius 1 is 1.50 bits per heavy atom. The molecule has 1 aliphatic heterocycles. The smallest absolute Gasteiger partial charge is 0.390 e. The van der Waals surface area contributed by atoms with Gasteiger partial charge >= 0.3 is 7.05 Å². The average molecular weight is 188 g/mol. The second-order valence-electron chi connectivity index (χ2n) is 3.72. The third-order valence-electron chi connectivity index (χ3n) is 2.76. The molecule has 0 amide bonds. The Kier molecular flexibility index (Phi) is 2.42. The molecule has 1 heterocycles. The molecule has 1 N–H and O–H groups in total. The molecule has 0 aromatic heterocycles. The Bertz CT molecular complexity index is 363. The van der Waals surface area contributed by atoms with E-state index in [1.54, 1.807) is 0 Å². The fourth-order valence-corrected chi connectivity index (χ4v) is 2.14. The van der Waals surface area contributed by atoms with Crippen LogP contribution in [-0.4, -0.2) is 28.3 Å². The fraction of sp³-hybridized carbons (Fsp3) is 0.364. The molecule has 0 aromatic carbocycles. The topological polar surface area (TPSA) is 23.2 Å². The van der Waals surface area contributed by atoms with E-state index in [1.165, 1.54) is 11.3 Å². The quantitative estimate of drug-likeness (QED) is 0.650. The maximum Gasteiger partial charge on any atom is 0.649 e. The van der Waals surface area contributed by atoms with Crippen molar-refractivity contribution in [2.24, 2.45) is 0 Å².